The molecule has 0 aromatic carbocycles. The molecule has 0 radical (unpaired) electrons. The molecule has 1 aromatic heterocycles. The molecule has 1 rings (SSSR count). The van der Waals surface area contributed by atoms with Crippen LogP contribution < -0.4 is 5.32 Å². The molecule has 1 heterocycles. The fraction of sp³-hybridized carbons (Fsp3) is 0.400. The van der Waals surface area contributed by atoms with Crippen LogP contribution in [0.2, 0.25) is 0 Å². The molecule has 0 spiro atoms. The maximum Gasteiger partial charge on any atom is 0.244 e. The van der Waals surface area contributed by atoms with Crippen molar-refractivity contribution in [1.29, 1.82) is 0 Å². The van der Waals surface area contributed by atoms with Crippen molar-refractivity contribution in [3.8, 4) is 0 Å². The van der Waals surface area contributed by atoms with Gasteiger partial charge in [-0.1, -0.05) is 6.08 Å². The zero-order valence-electron chi connectivity index (χ0n) is 8.57. The molecule has 0 saturated heterocycles. The van der Waals surface area contributed by atoms with E-state index in [9.17, 15) is 4.79 Å². The van der Waals surface area contributed by atoms with Crippen molar-refractivity contribution >= 4 is 17.2 Å². The van der Waals surface area contributed by atoms with Crippen LogP contribution in [0.25, 0.3) is 0 Å². The summed E-state index contributed by atoms with van der Waals surface area (Å²) < 4.78 is 0. The van der Waals surface area contributed by atoms with Crippen LogP contribution in [0.15, 0.2) is 17.5 Å². The number of allylic oxidation sites excluding steroid dienone is 1. The zero-order valence-corrected chi connectivity index (χ0v) is 9.39. The minimum absolute atomic E-state index is 0.0163. The number of carbonyl (C=O) groups excluding carboxylic acids is 1. The molecule has 4 heteroatoms. The average Bonchev–Trinajstić information content (AvgIpc) is 2.52. The number of hydrogen-bond donors (Lipinski definition) is 1. The topological polar surface area (TPSA) is 42.0 Å². The van der Waals surface area contributed by atoms with Crippen LogP contribution in [-0.4, -0.2) is 10.9 Å². The Kier molecular flexibility index (Phi) is 3.83. The van der Waals surface area contributed by atoms with Gasteiger partial charge in [0.05, 0.1) is 6.04 Å². The molecule has 0 saturated carbocycles. The Balaban J connectivity index is 2.58. The van der Waals surface area contributed by atoms with Crippen molar-refractivity contribution in [2.45, 2.75) is 26.8 Å². The van der Waals surface area contributed by atoms with Gasteiger partial charge in [-0.15, -0.1) is 11.3 Å². The quantitative estimate of drug-likeness (QED) is 0.777. The highest BCUT2D eigenvalue weighted by atomic mass is 32.1. The van der Waals surface area contributed by atoms with Gasteiger partial charge in [0.2, 0.25) is 5.91 Å². The van der Waals surface area contributed by atoms with Crippen LogP contribution in [-0.2, 0) is 4.79 Å². The van der Waals surface area contributed by atoms with E-state index in [-0.39, 0.29) is 11.9 Å². The lowest BCUT2D eigenvalue weighted by atomic mass is 10.3. The van der Waals surface area contributed by atoms with E-state index < -0.39 is 0 Å². The van der Waals surface area contributed by atoms with E-state index in [1.54, 1.807) is 17.4 Å². The number of nitrogens with zero attached hydrogens (tertiary/aromatic N) is 1. The maximum absolute atomic E-state index is 11.2. The molecule has 0 aliphatic carbocycles. The summed E-state index contributed by atoms with van der Waals surface area (Å²) in [5.74, 6) is -0.0761. The highest BCUT2D eigenvalue weighted by Gasteiger charge is 2.10. The van der Waals surface area contributed by atoms with Crippen molar-refractivity contribution in [2.75, 3.05) is 0 Å². The summed E-state index contributed by atoms with van der Waals surface area (Å²) in [5, 5.41) is 5.76. The van der Waals surface area contributed by atoms with Gasteiger partial charge < -0.3 is 5.32 Å². The first kappa shape index (κ1) is 10.9. The average molecular weight is 210 g/mol. The van der Waals surface area contributed by atoms with Gasteiger partial charge in [-0.05, 0) is 26.8 Å². The molecule has 1 amide bonds. The minimum atomic E-state index is -0.0761. The van der Waals surface area contributed by atoms with Gasteiger partial charge in [0.15, 0.2) is 0 Å². The predicted molar refractivity (Wildman–Crippen MR) is 58.2 cm³/mol. The number of amides is 1. The van der Waals surface area contributed by atoms with Crippen molar-refractivity contribution in [1.82, 2.24) is 10.3 Å². The number of carbonyl (C=O) groups is 1. The summed E-state index contributed by atoms with van der Waals surface area (Å²) in [5.41, 5.74) is 0.997. The second-order valence-electron chi connectivity index (χ2n) is 3.06. The third-order valence-corrected chi connectivity index (χ3v) is 2.83. The Morgan fingerprint density at radius 3 is 2.93 bits per heavy atom. The molecule has 1 atom stereocenters. The Morgan fingerprint density at radius 2 is 2.43 bits per heavy atom. The maximum atomic E-state index is 11.2. The van der Waals surface area contributed by atoms with Crippen LogP contribution in [0.5, 0.6) is 0 Å². The molecule has 0 fully saturated rings. The number of rotatable bonds is 3. The fourth-order valence-corrected chi connectivity index (χ4v) is 1.85. The first-order chi connectivity index (χ1) is 6.63. The van der Waals surface area contributed by atoms with E-state index in [1.165, 1.54) is 6.08 Å². The lowest BCUT2D eigenvalue weighted by Gasteiger charge is -2.08. The van der Waals surface area contributed by atoms with E-state index in [0.717, 1.165) is 10.7 Å². The van der Waals surface area contributed by atoms with Gasteiger partial charge in [-0.2, -0.15) is 0 Å². The summed E-state index contributed by atoms with van der Waals surface area (Å²) in [6.45, 7) is 5.69. The third-order valence-electron chi connectivity index (χ3n) is 1.68. The van der Waals surface area contributed by atoms with Crippen molar-refractivity contribution < 1.29 is 4.79 Å². The zero-order chi connectivity index (χ0) is 10.6. The van der Waals surface area contributed by atoms with Crippen molar-refractivity contribution in [2.24, 2.45) is 0 Å². The van der Waals surface area contributed by atoms with Crippen LogP contribution in [0.3, 0.4) is 0 Å². The lowest BCUT2D eigenvalue weighted by molar-refractivity contribution is -0.117. The van der Waals surface area contributed by atoms with Gasteiger partial charge in [0, 0.05) is 11.1 Å². The van der Waals surface area contributed by atoms with Crippen LogP contribution in [0.1, 0.15) is 30.6 Å². The molecule has 1 unspecified atom stereocenters. The number of hydrogen-bond acceptors (Lipinski definition) is 3. The molecular weight excluding hydrogens is 196 g/mol. The largest absolute Gasteiger partial charge is 0.344 e. The second kappa shape index (κ2) is 4.91. The molecule has 0 aliphatic rings. The Bertz CT molecular complexity index is 344. The standard InChI is InChI=1S/C10H14N2OS/c1-4-5-9(13)12-8(3)10-11-7(2)6-14-10/h4-6,8H,1-3H3,(H,12,13). The van der Waals surface area contributed by atoms with Gasteiger partial charge in [0.1, 0.15) is 5.01 Å². The van der Waals surface area contributed by atoms with Crippen LogP contribution in [0.4, 0.5) is 0 Å². The Morgan fingerprint density at radius 1 is 1.71 bits per heavy atom. The van der Waals surface area contributed by atoms with Crippen molar-refractivity contribution in [3.63, 3.8) is 0 Å². The molecule has 3 nitrogen and oxygen atoms in total. The molecule has 0 bridgehead atoms. The van der Waals surface area contributed by atoms with Gasteiger partial charge in [-0.3, -0.25) is 4.79 Å². The predicted octanol–water partition coefficient (Wildman–Crippen LogP) is 2.20. The first-order valence-electron chi connectivity index (χ1n) is 4.48. The monoisotopic (exact) mass is 210 g/mol. The second-order valence-corrected chi connectivity index (χ2v) is 3.95. The Labute approximate surface area is 87.9 Å². The van der Waals surface area contributed by atoms with E-state index in [4.69, 9.17) is 0 Å². The summed E-state index contributed by atoms with van der Waals surface area (Å²) in [6, 6.07) is -0.0163. The molecule has 76 valence electrons. The number of nitrogens with one attached hydrogen (secondary N) is 1. The minimum Gasteiger partial charge on any atom is -0.344 e. The van der Waals surface area contributed by atoms with Gasteiger partial charge in [0.25, 0.3) is 0 Å². The lowest BCUT2D eigenvalue weighted by Crippen LogP contribution is -2.24. The number of aryl methyl sites for hydroxylation is 1. The smallest absolute Gasteiger partial charge is 0.244 e. The molecule has 1 N–H and O–H groups in total. The number of aromatic nitrogens is 1. The molecule has 0 aliphatic heterocycles. The molecular formula is C10H14N2OS. The van der Waals surface area contributed by atoms with Gasteiger partial charge >= 0.3 is 0 Å². The summed E-state index contributed by atoms with van der Waals surface area (Å²) in [6.07, 6.45) is 3.23. The molecule has 1 aromatic rings. The van der Waals surface area contributed by atoms with E-state index in [2.05, 4.69) is 10.3 Å². The normalized spacial score (nSPS) is 13.1. The third kappa shape index (κ3) is 2.96. The van der Waals surface area contributed by atoms with Crippen LogP contribution in [0, 0.1) is 6.92 Å². The SMILES string of the molecule is CC=CC(=O)NC(C)c1nc(C)cs1. The van der Waals surface area contributed by atoms with Gasteiger partial charge in [-0.25, -0.2) is 4.98 Å². The highest BCUT2D eigenvalue weighted by molar-refractivity contribution is 7.09. The fourth-order valence-electron chi connectivity index (χ4n) is 1.05. The highest BCUT2D eigenvalue weighted by Crippen LogP contribution is 2.16. The number of thiazole rings is 1. The van der Waals surface area contributed by atoms with E-state index >= 15 is 0 Å². The van der Waals surface area contributed by atoms with Crippen molar-refractivity contribution in [3.05, 3.63) is 28.2 Å². The Hall–Kier alpha value is -1.16. The molecule has 14 heavy (non-hydrogen) atoms. The summed E-state index contributed by atoms with van der Waals surface area (Å²) in [7, 11) is 0. The summed E-state index contributed by atoms with van der Waals surface area (Å²) in [4.78, 5) is 15.5. The van der Waals surface area contributed by atoms with Crippen LogP contribution >= 0.6 is 11.3 Å². The van der Waals surface area contributed by atoms with E-state index in [0.29, 0.717) is 0 Å². The van der Waals surface area contributed by atoms with E-state index in [1.807, 2.05) is 26.2 Å². The first-order valence-corrected chi connectivity index (χ1v) is 5.36. The summed E-state index contributed by atoms with van der Waals surface area (Å²) >= 11 is 1.57.